The lowest BCUT2D eigenvalue weighted by Crippen LogP contribution is -2.25. The first-order valence-electron chi connectivity index (χ1n) is 6.48. The van der Waals surface area contributed by atoms with Gasteiger partial charge in [-0.25, -0.2) is 0 Å². The summed E-state index contributed by atoms with van der Waals surface area (Å²) in [6, 6.07) is 1.78. The number of aromatic nitrogens is 2. The Morgan fingerprint density at radius 2 is 2.21 bits per heavy atom. The van der Waals surface area contributed by atoms with Gasteiger partial charge in [0.2, 0.25) is 0 Å². The molecule has 0 radical (unpaired) electrons. The van der Waals surface area contributed by atoms with E-state index in [0.29, 0.717) is 31.9 Å². The quantitative estimate of drug-likeness (QED) is 0.640. The van der Waals surface area contributed by atoms with Gasteiger partial charge in [-0.05, 0) is 12.5 Å². The smallest absolute Gasteiger partial charge is 0.271 e. The topological polar surface area (TPSA) is 87.2 Å². The molecule has 108 valence electrons. The third kappa shape index (κ3) is 5.40. The summed E-state index contributed by atoms with van der Waals surface area (Å²) in [5.41, 5.74) is 1.29. The summed E-state index contributed by atoms with van der Waals surface area (Å²) in [6.07, 6.45) is 0.711. The highest BCUT2D eigenvalue weighted by atomic mass is 16.5. The van der Waals surface area contributed by atoms with Gasteiger partial charge in [0.25, 0.3) is 5.91 Å². The lowest BCUT2D eigenvalue weighted by Gasteiger charge is -2.14. The van der Waals surface area contributed by atoms with Crippen molar-refractivity contribution in [3.8, 4) is 0 Å². The fourth-order valence-corrected chi connectivity index (χ4v) is 1.46. The summed E-state index contributed by atoms with van der Waals surface area (Å²) in [4.78, 5) is 11.8. The second-order valence-corrected chi connectivity index (χ2v) is 5.36. The summed E-state index contributed by atoms with van der Waals surface area (Å²) >= 11 is 0. The average Bonchev–Trinajstić information content (AvgIpc) is 2.82. The van der Waals surface area contributed by atoms with Crippen LogP contribution in [0, 0.1) is 0 Å². The molecule has 0 saturated heterocycles. The molecule has 6 nitrogen and oxygen atoms in total. The molecule has 0 atom stereocenters. The molecule has 0 aromatic carbocycles. The minimum absolute atomic E-state index is 0.0230. The average molecular weight is 269 g/mol. The van der Waals surface area contributed by atoms with Crippen LogP contribution in [0.4, 0.5) is 0 Å². The first kappa shape index (κ1) is 15.7. The van der Waals surface area contributed by atoms with Crippen LogP contribution in [0.1, 0.15) is 43.4 Å². The van der Waals surface area contributed by atoms with Gasteiger partial charge in [0.1, 0.15) is 5.69 Å². The maximum atomic E-state index is 11.8. The first-order chi connectivity index (χ1) is 8.95. The van der Waals surface area contributed by atoms with E-state index in [4.69, 9.17) is 9.84 Å². The van der Waals surface area contributed by atoms with Crippen LogP contribution in [0.5, 0.6) is 0 Å². The zero-order valence-electron chi connectivity index (χ0n) is 11.8. The Morgan fingerprint density at radius 3 is 2.79 bits per heavy atom. The Balaban J connectivity index is 2.32. The molecule has 0 unspecified atom stereocenters. The van der Waals surface area contributed by atoms with Crippen molar-refractivity contribution in [3.05, 3.63) is 17.5 Å². The molecule has 1 aromatic heterocycles. The molecular formula is C13H23N3O3. The third-order valence-corrected chi connectivity index (χ3v) is 2.61. The predicted octanol–water partition coefficient (Wildman–Crippen LogP) is 0.836. The molecule has 0 spiro atoms. The highest BCUT2D eigenvalue weighted by Crippen LogP contribution is 2.20. The van der Waals surface area contributed by atoms with Gasteiger partial charge in [0, 0.05) is 24.3 Å². The van der Waals surface area contributed by atoms with Gasteiger partial charge >= 0.3 is 0 Å². The minimum Gasteiger partial charge on any atom is -0.394 e. The fraction of sp³-hybridized carbons (Fsp3) is 0.692. The number of ether oxygens (including phenoxy) is 1. The van der Waals surface area contributed by atoms with E-state index in [-0.39, 0.29) is 17.9 Å². The van der Waals surface area contributed by atoms with Gasteiger partial charge in [-0.15, -0.1) is 0 Å². The van der Waals surface area contributed by atoms with E-state index in [1.165, 1.54) is 0 Å². The van der Waals surface area contributed by atoms with Crippen LogP contribution in [-0.2, 0) is 10.2 Å². The van der Waals surface area contributed by atoms with Crippen LogP contribution in [0.25, 0.3) is 0 Å². The Labute approximate surface area is 113 Å². The van der Waals surface area contributed by atoms with E-state index in [2.05, 4.69) is 36.3 Å². The van der Waals surface area contributed by atoms with E-state index in [1.54, 1.807) is 6.07 Å². The number of carbonyl (C=O) groups is 1. The van der Waals surface area contributed by atoms with Gasteiger partial charge < -0.3 is 15.2 Å². The third-order valence-electron chi connectivity index (χ3n) is 2.61. The van der Waals surface area contributed by atoms with Crippen LogP contribution >= 0.6 is 0 Å². The van der Waals surface area contributed by atoms with E-state index in [9.17, 15) is 4.79 Å². The van der Waals surface area contributed by atoms with Crippen LogP contribution in [0.15, 0.2) is 6.07 Å². The fourth-order valence-electron chi connectivity index (χ4n) is 1.46. The number of aliphatic hydroxyl groups excluding tert-OH is 1. The van der Waals surface area contributed by atoms with Crippen molar-refractivity contribution < 1.29 is 14.6 Å². The standard InChI is InChI=1S/C13H23N3O3/c1-13(2,3)11-9-10(15-16-11)12(18)14-5-4-7-19-8-6-17/h9,17H,4-8H2,1-3H3,(H,14,18)(H,15,16). The van der Waals surface area contributed by atoms with Gasteiger partial charge in [0.15, 0.2) is 0 Å². The lowest BCUT2D eigenvalue weighted by atomic mass is 9.92. The molecule has 1 rings (SSSR count). The normalized spacial score (nSPS) is 11.6. The monoisotopic (exact) mass is 269 g/mol. The Kier molecular flexibility index (Phi) is 5.98. The highest BCUT2D eigenvalue weighted by Gasteiger charge is 2.18. The van der Waals surface area contributed by atoms with E-state index < -0.39 is 0 Å². The molecule has 3 N–H and O–H groups in total. The van der Waals surface area contributed by atoms with Crippen molar-refractivity contribution >= 4 is 5.91 Å². The Hall–Kier alpha value is -1.40. The maximum absolute atomic E-state index is 11.8. The number of hydrogen-bond donors (Lipinski definition) is 3. The molecule has 0 aliphatic rings. The summed E-state index contributed by atoms with van der Waals surface area (Å²) in [7, 11) is 0. The zero-order valence-corrected chi connectivity index (χ0v) is 11.8. The van der Waals surface area contributed by atoms with Crippen molar-refractivity contribution in [1.82, 2.24) is 15.5 Å². The van der Waals surface area contributed by atoms with Crippen molar-refractivity contribution in [2.75, 3.05) is 26.4 Å². The molecule has 1 heterocycles. The number of nitrogens with one attached hydrogen (secondary N) is 2. The molecule has 19 heavy (non-hydrogen) atoms. The summed E-state index contributed by atoms with van der Waals surface area (Å²) in [5.74, 6) is -0.186. The summed E-state index contributed by atoms with van der Waals surface area (Å²) in [5, 5.41) is 18.2. The molecule has 0 aliphatic carbocycles. The van der Waals surface area contributed by atoms with Gasteiger partial charge in [-0.2, -0.15) is 5.10 Å². The molecule has 0 fully saturated rings. The Bertz CT molecular complexity index is 396. The van der Waals surface area contributed by atoms with Crippen LogP contribution < -0.4 is 5.32 Å². The summed E-state index contributed by atoms with van der Waals surface area (Å²) < 4.78 is 5.10. The number of H-pyrrole nitrogens is 1. The molecule has 0 aliphatic heterocycles. The lowest BCUT2D eigenvalue weighted by molar-refractivity contribution is 0.0865. The van der Waals surface area contributed by atoms with Crippen LogP contribution in [0.3, 0.4) is 0 Å². The zero-order chi connectivity index (χ0) is 14.3. The minimum atomic E-state index is -0.186. The number of nitrogens with zero attached hydrogens (tertiary/aromatic N) is 1. The Morgan fingerprint density at radius 1 is 1.47 bits per heavy atom. The highest BCUT2D eigenvalue weighted by molar-refractivity contribution is 5.92. The van der Waals surface area contributed by atoms with Crippen molar-refractivity contribution in [1.29, 1.82) is 0 Å². The van der Waals surface area contributed by atoms with Gasteiger partial charge in [-0.3, -0.25) is 9.89 Å². The molecule has 1 aromatic rings. The number of hydrogen-bond acceptors (Lipinski definition) is 4. The molecule has 1 amide bonds. The van der Waals surface area contributed by atoms with Gasteiger partial charge in [0.05, 0.1) is 13.2 Å². The van der Waals surface area contributed by atoms with Crippen molar-refractivity contribution in [3.63, 3.8) is 0 Å². The largest absolute Gasteiger partial charge is 0.394 e. The van der Waals surface area contributed by atoms with E-state index in [1.807, 2.05) is 0 Å². The van der Waals surface area contributed by atoms with Crippen LogP contribution in [-0.4, -0.2) is 47.6 Å². The predicted molar refractivity (Wildman–Crippen MR) is 72.1 cm³/mol. The number of aliphatic hydroxyl groups is 1. The van der Waals surface area contributed by atoms with E-state index >= 15 is 0 Å². The maximum Gasteiger partial charge on any atom is 0.271 e. The van der Waals surface area contributed by atoms with E-state index in [0.717, 1.165) is 5.69 Å². The molecular weight excluding hydrogens is 246 g/mol. The van der Waals surface area contributed by atoms with Gasteiger partial charge in [-0.1, -0.05) is 20.8 Å². The second kappa shape index (κ2) is 7.25. The molecule has 0 saturated carbocycles. The number of rotatable bonds is 7. The summed E-state index contributed by atoms with van der Waals surface area (Å²) in [6.45, 7) is 7.58. The number of aromatic amines is 1. The second-order valence-electron chi connectivity index (χ2n) is 5.36. The number of carbonyl (C=O) groups excluding carboxylic acids is 1. The number of amides is 1. The van der Waals surface area contributed by atoms with Crippen molar-refractivity contribution in [2.24, 2.45) is 0 Å². The van der Waals surface area contributed by atoms with Crippen molar-refractivity contribution in [2.45, 2.75) is 32.6 Å². The first-order valence-corrected chi connectivity index (χ1v) is 6.48. The molecule has 6 heteroatoms. The van der Waals surface area contributed by atoms with Crippen LogP contribution in [0.2, 0.25) is 0 Å². The molecule has 0 bridgehead atoms. The SMILES string of the molecule is CC(C)(C)c1cc(C(=O)NCCCOCCO)n[nH]1.